The maximum absolute atomic E-state index is 12.3. The summed E-state index contributed by atoms with van der Waals surface area (Å²) in [6.45, 7) is 4.37. The van der Waals surface area contributed by atoms with E-state index in [9.17, 15) is 14.4 Å². The lowest BCUT2D eigenvalue weighted by Crippen LogP contribution is -2.31. The summed E-state index contributed by atoms with van der Waals surface area (Å²) in [5.41, 5.74) is 2.19. The largest absolute Gasteiger partial charge is 0.345 e. The van der Waals surface area contributed by atoms with E-state index in [1.165, 1.54) is 6.07 Å². The van der Waals surface area contributed by atoms with Crippen molar-refractivity contribution in [2.45, 2.75) is 32.7 Å². The van der Waals surface area contributed by atoms with Crippen LogP contribution in [0.4, 0.5) is 5.69 Å². The molecule has 2 aromatic rings. The first kappa shape index (κ1) is 17.0. The molecule has 6 heteroatoms. The van der Waals surface area contributed by atoms with E-state index in [4.69, 9.17) is 0 Å². The van der Waals surface area contributed by atoms with Crippen LogP contribution < -0.4 is 15.8 Å². The molecule has 2 N–H and O–H groups in total. The van der Waals surface area contributed by atoms with Gasteiger partial charge < -0.3 is 15.2 Å². The highest BCUT2D eigenvalue weighted by molar-refractivity contribution is 5.95. The third-order valence-electron chi connectivity index (χ3n) is 4.43. The van der Waals surface area contributed by atoms with Crippen LogP contribution in [0.1, 0.15) is 47.4 Å². The number of rotatable bonds is 4. The first-order chi connectivity index (χ1) is 12.0. The van der Waals surface area contributed by atoms with Gasteiger partial charge in [-0.25, -0.2) is 0 Å². The topological polar surface area (TPSA) is 82.3 Å². The predicted octanol–water partition coefficient (Wildman–Crippen LogP) is 2.30. The lowest BCUT2D eigenvalue weighted by molar-refractivity contribution is -0.117. The number of amides is 2. The van der Waals surface area contributed by atoms with Gasteiger partial charge in [-0.05, 0) is 50.1 Å². The van der Waals surface area contributed by atoms with Crippen molar-refractivity contribution < 1.29 is 9.59 Å². The van der Waals surface area contributed by atoms with Crippen LogP contribution in [0.3, 0.4) is 0 Å². The Morgan fingerprint density at radius 2 is 1.88 bits per heavy atom. The van der Waals surface area contributed by atoms with Crippen LogP contribution in [0.5, 0.6) is 0 Å². The zero-order chi connectivity index (χ0) is 18.0. The molecular weight excluding hydrogens is 318 g/mol. The fourth-order valence-electron chi connectivity index (χ4n) is 2.97. The molecule has 1 unspecified atom stereocenters. The highest BCUT2D eigenvalue weighted by Gasteiger charge is 2.22. The lowest BCUT2D eigenvalue weighted by Gasteiger charge is -2.18. The Morgan fingerprint density at radius 1 is 1.16 bits per heavy atom. The van der Waals surface area contributed by atoms with E-state index in [1.807, 2.05) is 31.2 Å². The van der Waals surface area contributed by atoms with Gasteiger partial charge in [-0.15, -0.1) is 0 Å². The van der Waals surface area contributed by atoms with Gasteiger partial charge >= 0.3 is 0 Å². The number of pyridine rings is 1. The van der Waals surface area contributed by atoms with Gasteiger partial charge in [0.1, 0.15) is 5.56 Å². The predicted molar refractivity (Wildman–Crippen MR) is 95.7 cm³/mol. The van der Waals surface area contributed by atoms with Crippen molar-refractivity contribution in [1.82, 2.24) is 10.3 Å². The van der Waals surface area contributed by atoms with Gasteiger partial charge in [0.2, 0.25) is 5.91 Å². The fourth-order valence-corrected chi connectivity index (χ4v) is 2.97. The Morgan fingerprint density at radius 3 is 2.48 bits per heavy atom. The number of H-pyrrole nitrogens is 1. The second kappa shape index (κ2) is 6.93. The summed E-state index contributed by atoms with van der Waals surface area (Å²) >= 11 is 0. The van der Waals surface area contributed by atoms with Crippen molar-refractivity contribution in [1.29, 1.82) is 0 Å². The third kappa shape index (κ3) is 3.63. The van der Waals surface area contributed by atoms with Gasteiger partial charge in [0, 0.05) is 24.3 Å². The van der Waals surface area contributed by atoms with Crippen molar-refractivity contribution in [3.05, 3.63) is 63.6 Å². The second-order valence-corrected chi connectivity index (χ2v) is 6.32. The van der Waals surface area contributed by atoms with Crippen LogP contribution in [-0.4, -0.2) is 23.3 Å². The monoisotopic (exact) mass is 339 g/mol. The van der Waals surface area contributed by atoms with Gasteiger partial charge in [0.05, 0.1) is 6.04 Å². The fraction of sp³-hybridized carbons (Fsp3) is 0.316. The number of carbonyl (C=O) groups is 2. The number of hydrogen-bond acceptors (Lipinski definition) is 3. The number of aromatic nitrogens is 1. The van der Waals surface area contributed by atoms with Crippen LogP contribution in [-0.2, 0) is 4.79 Å². The van der Waals surface area contributed by atoms with Crippen LogP contribution in [0.2, 0.25) is 0 Å². The van der Waals surface area contributed by atoms with E-state index in [0.29, 0.717) is 12.1 Å². The molecule has 2 amide bonds. The highest BCUT2D eigenvalue weighted by atomic mass is 16.2. The number of anilines is 1. The Balaban J connectivity index is 1.70. The standard InChI is InChI=1S/C19H21N3O3/c1-12-5-10-16(18(24)20-12)19(25)21-13(2)14-6-8-15(9-7-14)22-11-3-4-17(22)23/h5-10,13H,3-4,11H2,1-2H3,(H,20,24)(H,21,25). The summed E-state index contributed by atoms with van der Waals surface area (Å²) in [4.78, 5) is 40.4. The smallest absolute Gasteiger partial charge is 0.260 e. The van der Waals surface area contributed by atoms with Crippen LogP contribution >= 0.6 is 0 Å². The summed E-state index contributed by atoms with van der Waals surface area (Å²) in [5.74, 6) is -0.264. The van der Waals surface area contributed by atoms with Gasteiger partial charge in [0.25, 0.3) is 11.5 Å². The average Bonchev–Trinajstić information content (AvgIpc) is 3.00. The Kier molecular flexibility index (Phi) is 4.70. The van der Waals surface area contributed by atoms with Crippen molar-refractivity contribution in [3.8, 4) is 0 Å². The Hall–Kier alpha value is -2.89. The van der Waals surface area contributed by atoms with Gasteiger partial charge in [-0.2, -0.15) is 0 Å². The molecule has 1 fully saturated rings. The number of carbonyl (C=O) groups excluding carboxylic acids is 2. The average molecular weight is 339 g/mol. The Bertz CT molecular complexity index is 855. The first-order valence-electron chi connectivity index (χ1n) is 8.37. The number of aryl methyl sites for hydroxylation is 1. The summed E-state index contributed by atoms with van der Waals surface area (Å²) in [7, 11) is 0. The van der Waals surface area contributed by atoms with Gasteiger partial charge in [-0.1, -0.05) is 12.1 Å². The lowest BCUT2D eigenvalue weighted by atomic mass is 10.1. The molecule has 0 aliphatic carbocycles. The number of nitrogens with one attached hydrogen (secondary N) is 2. The molecule has 0 radical (unpaired) electrons. The molecule has 1 saturated heterocycles. The molecule has 0 spiro atoms. The van der Waals surface area contributed by atoms with Gasteiger partial charge in [0.15, 0.2) is 0 Å². The molecule has 2 heterocycles. The minimum absolute atomic E-state index is 0.0942. The van der Waals surface area contributed by atoms with Crippen molar-refractivity contribution in [2.24, 2.45) is 0 Å². The van der Waals surface area contributed by atoms with E-state index >= 15 is 0 Å². The van der Waals surface area contributed by atoms with Crippen LogP contribution in [0.25, 0.3) is 0 Å². The maximum Gasteiger partial charge on any atom is 0.260 e. The molecule has 0 saturated carbocycles. The van der Waals surface area contributed by atoms with Gasteiger partial charge in [-0.3, -0.25) is 14.4 Å². The summed E-state index contributed by atoms with van der Waals surface area (Å²) in [5, 5.41) is 2.83. The molecule has 1 aromatic carbocycles. The highest BCUT2D eigenvalue weighted by Crippen LogP contribution is 2.23. The minimum atomic E-state index is -0.410. The van der Waals surface area contributed by atoms with Crippen molar-refractivity contribution in [2.75, 3.05) is 11.4 Å². The van der Waals surface area contributed by atoms with E-state index < -0.39 is 11.5 Å². The summed E-state index contributed by atoms with van der Waals surface area (Å²) in [6.07, 6.45) is 1.48. The molecule has 3 rings (SSSR count). The summed E-state index contributed by atoms with van der Waals surface area (Å²) < 4.78 is 0. The molecule has 1 aliphatic rings. The molecule has 6 nitrogen and oxygen atoms in total. The number of hydrogen-bond donors (Lipinski definition) is 2. The Labute approximate surface area is 145 Å². The molecular formula is C19H21N3O3. The van der Waals surface area contributed by atoms with Crippen LogP contribution in [0.15, 0.2) is 41.2 Å². The molecule has 25 heavy (non-hydrogen) atoms. The van der Waals surface area contributed by atoms with E-state index in [1.54, 1.807) is 17.9 Å². The molecule has 1 atom stereocenters. The minimum Gasteiger partial charge on any atom is -0.345 e. The number of benzene rings is 1. The molecule has 1 aliphatic heterocycles. The second-order valence-electron chi connectivity index (χ2n) is 6.32. The number of nitrogens with zero attached hydrogens (tertiary/aromatic N) is 1. The van der Waals surface area contributed by atoms with Crippen molar-refractivity contribution >= 4 is 17.5 Å². The zero-order valence-electron chi connectivity index (χ0n) is 14.3. The van der Waals surface area contributed by atoms with Crippen molar-refractivity contribution in [3.63, 3.8) is 0 Å². The summed E-state index contributed by atoms with van der Waals surface area (Å²) in [6, 6.07) is 10.5. The van der Waals surface area contributed by atoms with Crippen LogP contribution in [0, 0.1) is 6.92 Å². The third-order valence-corrected chi connectivity index (χ3v) is 4.43. The quantitative estimate of drug-likeness (QED) is 0.897. The van der Waals surface area contributed by atoms with E-state index in [-0.39, 0.29) is 17.5 Å². The molecule has 1 aromatic heterocycles. The molecule has 0 bridgehead atoms. The zero-order valence-corrected chi connectivity index (χ0v) is 14.3. The first-order valence-corrected chi connectivity index (χ1v) is 8.37. The van der Waals surface area contributed by atoms with E-state index in [2.05, 4.69) is 10.3 Å². The SMILES string of the molecule is Cc1ccc(C(=O)NC(C)c2ccc(N3CCCC3=O)cc2)c(=O)[nH]1. The number of aromatic amines is 1. The normalized spacial score (nSPS) is 15.3. The molecule has 130 valence electrons. The maximum atomic E-state index is 12.3. The van der Waals surface area contributed by atoms with E-state index in [0.717, 1.165) is 24.2 Å².